The standard InChI is InChI=1S/C7H15N3Si/c1-5-10-7(6-8-9-10)11(2,3)4/h6H,5H2,1-4H3. The van der Waals surface area contributed by atoms with Crippen LogP contribution in [0, 0.1) is 0 Å². The van der Waals surface area contributed by atoms with E-state index in [2.05, 4.69) is 36.9 Å². The molecular weight excluding hydrogens is 154 g/mol. The molecule has 1 aromatic rings. The second kappa shape index (κ2) is 2.77. The van der Waals surface area contributed by atoms with Gasteiger partial charge < -0.3 is 0 Å². The first-order valence-electron chi connectivity index (χ1n) is 3.94. The molecule has 1 heterocycles. The Morgan fingerprint density at radius 3 is 2.45 bits per heavy atom. The average molecular weight is 169 g/mol. The number of aromatic nitrogens is 3. The van der Waals surface area contributed by atoms with Gasteiger partial charge in [-0.15, -0.1) is 5.10 Å². The van der Waals surface area contributed by atoms with Gasteiger partial charge in [-0.2, -0.15) is 0 Å². The van der Waals surface area contributed by atoms with Gasteiger partial charge in [-0.1, -0.05) is 24.9 Å². The third-order valence-electron chi connectivity index (χ3n) is 1.69. The summed E-state index contributed by atoms with van der Waals surface area (Å²) in [5.41, 5.74) is 0. The van der Waals surface area contributed by atoms with Gasteiger partial charge in [-0.05, 0) is 6.92 Å². The maximum Gasteiger partial charge on any atom is 0.103 e. The van der Waals surface area contributed by atoms with Gasteiger partial charge in [-0.25, -0.2) is 0 Å². The highest BCUT2D eigenvalue weighted by atomic mass is 28.3. The number of rotatable bonds is 2. The minimum absolute atomic E-state index is 0.930. The molecule has 0 spiro atoms. The first kappa shape index (κ1) is 8.45. The summed E-state index contributed by atoms with van der Waals surface area (Å²) in [6, 6.07) is 0. The normalized spacial score (nSPS) is 12.0. The Morgan fingerprint density at radius 2 is 2.09 bits per heavy atom. The summed E-state index contributed by atoms with van der Waals surface area (Å²) in [4.78, 5) is 0. The highest BCUT2D eigenvalue weighted by Gasteiger charge is 2.21. The quantitative estimate of drug-likeness (QED) is 0.614. The van der Waals surface area contributed by atoms with Gasteiger partial charge in [0, 0.05) is 11.9 Å². The van der Waals surface area contributed by atoms with E-state index < -0.39 is 8.07 Å². The van der Waals surface area contributed by atoms with E-state index in [1.807, 2.05) is 10.9 Å². The molecule has 0 bridgehead atoms. The van der Waals surface area contributed by atoms with Crippen molar-refractivity contribution >= 4 is 13.4 Å². The van der Waals surface area contributed by atoms with Crippen molar-refractivity contribution < 1.29 is 0 Å². The smallest absolute Gasteiger partial charge is 0.103 e. The van der Waals surface area contributed by atoms with Crippen molar-refractivity contribution in [3.8, 4) is 0 Å². The van der Waals surface area contributed by atoms with Crippen molar-refractivity contribution in [3.63, 3.8) is 0 Å². The van der Waals surface area contributed by atoms with Crippen LogP contribution >= 0.6 is 0 Å². The molecule has 0 N–H and O–H groups in total. The second-order valence-electron chi connectivity index (χ2n) is 3.69. The molecule has 0 aliphatic heterocycles. The molecule has 0 aromatic carbocycles. The summed E-state index contributed by atoms with van der Waals surface area (Å²) in [6.45, 7) is 9.94. The summed E-state index contributed by atoms with van der Waals surface area (Å²) in [6.07, 6.45) is 1.90. The van der Waals surface area contributed by atoms with Crippen molar-refractivity contribution in [1.29, 1.82) is 0 Å². The summed E-state index contributed by atoms with van der Waals surface area (Å²) in [5.74, 6) is 0. The Morgan fingerprint density at radius 1 is 1.45 bits per heavy atom. The Labute approximate surface area is 68.4 Å². The lowest BCUT2D eigenvalue weighted by atomic mass is 10.7. The highest BCUT2D eigenvalue weighted by molar-refractivity contribution is 6.88. The maximum absolute atomic E-state index is 4.00. The van der Waals surface area contributed by atoms with Gasteiger partial charge in [-0.3, -0.25) is 4.68 Å². The Balaban J connectivity index is 3.02. The largest absolute Gasteiger partial charge is 0.254 e. The van der Waals surface area contributed by atoms with Gasteiger partial charge in [0.15, 0.2) is 0 Å². The maximum atomic E-state index is 4.00. The fourth-order valence-corrected chi connectivity index (χ4v) is 2.49. The molecule has 3 nitrogen and oxygen atoms in total. The van der Waals surface area contributed by atoms with E-state index in [0.29, 0.717) is 0 Å². The summed E-state index contributed by atoms with van der Waals surface area (Å²) in [5, 5.41) is 9.24. The summed E-state index contributed by atoms with van der Waals surface area (Å²) in [7, 11) is -1.21. The molecule has 0 saturated carbocycles. The van der Waals surface area contributed by atoms with Crippen LogP contribution in [-0.2, 0) is 6.54 Å². The number of hydrogen-bond acceptors (Lipinski definition) is 2. The van der Waals surface area contributed by atoms with E-state index in [1.165, 1.54) is 5.32 Å². The molecule has 4 heteroatoms. The first-order valence-corrected chi connectivity index (χ1v) is 7.44. The van der Waals surface area contributed by atoms with Crippen LogP contribution in [0.5, 0.6) is 0 Å². The second-order valence-corrected chi connectivity index (χ2v) is 8.70. The molecule has 0 fully saturated rings. The fourth-order valence-electron chi connectivity index (χ4n) is 1.07. The van der Waals surface area contributed by atoms with Crippen LogP contribution in [0.4, 0.5) is 0 Å². The van der Waals surface area contributed by atoms with E-state index >= 15 is 0 Å². The lowest BCUT2D eigenvalue weighted by Gasteiger charge is -2.15. The van der Waals surface area contributed by atoms with Gasteiger partial charge in [0.2, 0.25) is 0 Å². The van der Waals surface area contributed by atoms with Gasteiger partial charge in [0.25, 0.3) is 0 Å². The zero-order valence-corrected chi connectivity index (χ0v) is 8.63. The predicted octanol–water partition coefficient (Wildman–Crippen LogP) is 0.843. The van der Waals surface area contributed by atoms with Crippen LogP contribution in [0.25, 0.3) is 0 Å². The van der Waals surface area contributed by atoms with Crippen LogP contribution in [0.2, 0.25) is 19.6 Å². The SMILES string of the molecule is CCn1nncc1[Si](C)(C)C. The van der Waals surface area contributed by atoms with E-state index in [-0.39, 0.29) is 0 Å². The Bertz CT molecular complexity index is 236. The highest BCUT2D eigenvalue weighted by Crippen LogP contribution is 1.99. The molecule has 0 atom stereocenters. The minimum atomic E-state index is -1.21. The third kappa shape index (κ3) is 1.68. The Kier molecular flexibility index (Phi) is 2.13. The molecule has 0 saturated heterocycles. The van der Waals surface area contributed by atoms with Crippen LogP contribution in [0.15, 0.2) is 6.20 Å². The molecule has 0 unspecified atom stereocenters. The van der Waals surface area contributed by atoms with Crippen molar-refractivity contribution in [2.45, 2.75) is 33.1 Å². The molecule has 1 aromatic heterocycles. The number of aryl methyl sites for hydroxylation is 1. The van der Waals surface area contributed by atoms with Gasteiger partial charge in [0.1, 0.15) is 8.07 Å². The molecule has 0 aliphatic rings. The fraction of sp³-hybridized carbons (Fsp3) is 0.714. The zero-order chi connectivity index (χ0) is 8.48. The third-order valence-corrected chi connectivity index (χ3v) is 3.61. The molecule has 0 amide bonds. The lowest BCUT2D eigenvalue weighted by molar-refractivity contribution is 0.639. The molecule has 0 radical (unpaired) electrons. The van der Waals surface area contributed by atoms with E-state index in [4.69, 9.17) is 0 Å². The van der Waals surface area contributed by atoms with Crippen LogP contribution < -0.4 is 5.32 Å². The minimum Gasteiger partial charge on any atom is -0.254 e. The average Bonchev–Trinajstić information content (AvgIpc) is 2.31. The van der Waals surface area contributed by atoms with Crippen LogP contribution in [-0.4, -0.2) is 23.1 Å². The molecule has 1 rings (SSSR count). The number of hydrogen-bond donors (Lipinski definition) is 0. The van der Waals surface area contributed by atoms with Gasteiger partial charge in [0.05, 0.1) is 6.20 Å². The molecule has 11 heavy (non-hydrogen) atoms. The van der Waals surface area contributed by atoms with Crippen molar-refractivity contribution in [2.75, 3.05) is 0 Å². The van der Waals surface area contributed by atoms with Crippen LogP contribution in [0.3, 0.4) is 0 Å². The van der Waals surface area contributed by atoms with Crippen LogP contribution in [0.1, 0.15) is 6.92 Å². The van der Waals surface area contributed by atoms with Gasteiger partial charge >= 0.3 is 0 Å². The topological polar surface area (TPSA) is 30.7 Å². The van der Waals surface area contributed by atoms with E-state index in [9.17, 15) is 0 Å². The zero-order valence-electron chi connectivity index (χ0n) is 7.63. The monoisotopic (exact) mass is 169 g/mol. The molecular formula is C7H15N3Si. The van der Waals surface area contributed by atoms with E-state index in [0.717, 1.165) is 6.54 Å². The molecule has 0 aliphatic carbocycles. The summed E-state index contributed by atoms with van der Waals surface area (Å²) >= 11 is 0. The number of nitrogens with zero attached hydrogens (tertiary/aromatic N) is 3. The van der Waals surface area contributed by atoms with E-state index in [1.54, 1.807) is 0 Å². The van der Waals surface area contributed by atoms with Crippen molar-refractivity contribution in [1.82, 2.24) is 15.0 Å². The van der Waals surface area contributed by atoms with Crippen molar-refractivity contribution in [3.05, 3.63) is 6.20 Å². The van der Waals surface area contributed by atoms with Crippen molar-refractivity contribution in [2.24, 2.45) is 0 Å². The predicted molar refractivity (Wildman–Crippen MR) is 48.7 cm³/mol. The molecule has 62 valence electrons. The Hall–Kier alpha value is -0.643. The first-order chi connectivity index (χ1) is 5.05. The summed E-state index contributed by atoms with van der Waals surface area (Å²) < 4.78 is 1.99. The lowest BCUT2D eigenvalue weighted by Crippen LogP contribution is -2.42.